The first-order chi connectivity index (χ1) is 13.5. The number of hydrogen-bond acceptors (Lipinski definition) is 4. The third-order valence-electron chi connectivity index (χ3n) is 5.08. The topological polar surface area (TPSA) is 45.5 Å². The molecule has 0 spiro atoms. The Labute approximate surface area is 180 Å². The molecule has 0 aromatic heterocycles. The minimum atomic E-state index is 0.292. The Balaban J connectivity index is 1.79. The maximum atomic E-state index is 9.24. The second-order valence-electron chi connectivity index (χ2n) is 7.02. The summed E-state index contributed by atoms with van der Waals surface area (Å²) in [6.45, 7) is 4.55. The summed E-state index contributed by atoms with van der Waals surface area (Å²) in [6, 6.07) is 13.4. The van der Waals surface area contributed by atoms with Gasteiger partial charge in [0.15, 0.2) is 11.5 Å². The molecule has 0 N–H and O–H groups in total. The van der Waals surface area contributed by atoms with E-state index >= 15 is 0 Å². The number of likely N-dealkylation sites (tertiary alicyclic amines) is 1. The van der Waals surface area contributed by atoms with Crippen LogP contribution < -0.4 is 9.47 Å². The summed E-state index contributed by atoms with van der Waals surface area (Å²) < 4.78 is 12.4. The number of methoxy groups -OCH3 is 1. The summed E-state index contributed by atoms with van der Waals surface area (Å²) in [4.78, 5) is 3.09. The van der Waals surface area contributed by atoms with Gasteiger partial charge in [0.2, 0.25) is 0 Å². The van der Waals surface area contributed by atoms with Crippen LogP contribution in [-0.4, -0.2) is 30.1 Å². The highest BCUT2D eigenvalue weighted by Gasteiger charge is 2.22. The van der Waals surface area contributed by atoms with Crippen molar-refractivity contribution in [3.8, 4) is 17.6 Å². The van der Waals surface area contributed by atoms with Crippen LogP contribution in [0.5, 0.6) is 11.5 Å². The van der Waals surface area contributed by atoms with Crippen LogP contribution in [0.2, 0.25) is 0 Å². The van der Waals surface area contributed by atoms with E-state index in [0.29, 0.717) is 23.7 Å². The monoisotopic (exact) mass is 458 g/mol. The number of benzene rings is 2. The van der Waals surface area contributed by atoms with E-state index in [0.717, 1.165) is 52.4 Å². The van der Waals surface area contributed by atoms with E-state index in [1.807, 2.05) is 30.3 Å². The quantitative estimate of drug-likeness (QED) is 0.567. The van der Waals surface area contributed by atoms with E-state index < -0.39 is 0 Å². The minimum Gasteiger partial charge on any atom is -0.493 e. The number of ether oxygens (including phenoxy) is 2. The molecule has 6 heteroatoms. The van der Waals surface area contributed by atoms with Gasteiger partial charge >= 0.3 is 0 Å². The van der Waals surface area contributed by atoms with Gasteiger partial charge in [-0.05, 0) is 52.9 Å². The molecule has 0 unspecified atom stereocenters. The van der Waals surface area contributed by atoms with Crippen LogP contribution in [0.3, 0.4) is 0 Å². The molecule has 1 heterocycles. The SMILES string of the molecule is COc1cc(C(=S)N2CCC(C)CC2)c(Br)cc1OCc1ccccc1C#N. The molecule has 0 bridgehead atoms. The molecule has 0 amide bonds. The second kappa shape index (κ2) is 9.40. The average Bonchev–Trinajstić information content (AvgIpc) is 2.72. The fourth-order valence-corrected chi connectivity index (χ4v) is 4.26. The summed E-state index contributed by atoms with van der Waals surface area (Å²) in [5, 5.41) is 9.24. The molecular formula is C22H23BrN2O2S. The number of nitriles is 1. The largest absolute Gasteiger partial charge is 0.493 e. The highest BCUT2D eigenvalue weighted by Crippen LogP contribution is 2.35. The highest BCUT2D eigenvalue weighted by atomic mass is 79.9. The zero-order valence-corrected chi connectivity index (χ0v) is 18.5. The van der Waals surface area contributed by atoms with E-state index in [1.165, 1.54) is 0 Å². The first-order valence-electron chi connectivity index (χ1n) is 9.31. The molecule has 28 heavy (non-hydrogen) atoms. The van der Waals surface area contributed by atoms with Crippen molar-refractivity contribution in [2.24, 2.45) is 5.92 Å². The molecule has 0 saturated carbocycles. The third kappa shape index (κ3) is 4.65. The van der Waals surface area contributed by atoms with Crippen LogP contribution in [0.4, 0.5) is 0 Å². The van der Waals surface area contributed by atoms with E-state index in [2.05, 4.69) is 33.8 Å². The smallest absolute Gasteiger partial charge is 0.162 e. The van der Waals surface area contributed by atoms with Gasteiger partial charge in [-0.15, -0.1) is 0 Å². The van der Waals surface area contributed by atoms with Crippen molar-refractivity contribution in [1.29, 1.82) is 5.26 Å². The van der Waals surface area contributed by atoms with Crippen molar-refractivity contribution in [3.05, 3.63) is 57.6 Å². The Hall–Kier alpha value is -2.10. The Morgan fingerprint density at radius 3 is 2.64 bits per heavy atom. The van der Waals surface area contributed by atoms with Crippen LogP contribution in [0, 0.1) is 17.2 Å². The molecule has 1 saturated heterocycles. The van der Waals surface area contributed by atoms with Crippen LogP contribution in [0.15, 0.2) is 40.9 Å². The Morgan fingerprint density at radius 1 is 1.25 bits per heavy atom. The lowest BCUT2D eigenvalue weighted by molar-refractivity contribution is 0.281. The van der Waals surface area contributed by atoms with E-state index in [9.17, 15) is 5.26 Å². The Kier molecular flexibility index (Phi) is 6.93. The van der Waals surface area contributed by atoms with E-state index in [-0.39, 0.29) is 0 Å². The van der Waals surface area contributed by atoms with Gasteiger partial charge in [0.1, 0.15) is 11.6 Å². The molecule has 0 atom stereocenters. The van der Waals surface area contributed by atoms with Crippen molar-refractivity contribution in [2.45, 2.75) is 26.4 Å². The summed E-state index contributed by atoms with van der Waals surface area (Å²) >= 11 is 9.40. The minimum absolute atomic E-state index is 0.292. The van der Waals surface area contributed by atoms with Crippen molar-refractivity contribution in [3.63, 3.8) is 0 Å². The fraction of sp³-hybridized carbons (Fsp3) is 0.364. The van der Waals surface area contributed by atoms with E-state index in [1.54, 1.807) is 13.2 Å². The molecule has 1 fully saturated rings. The molecule has 2 aromatic rings. The van der Waals surface area contributed by atoms with Crippen LogP contribution in [0.1, 0.15) is 36.5 Å². The van der Waals surface area contributed by atoms with Crippen molar-refractivity contribution >= 4 is 33.1 Å². The lowest BCUT2D eigenvalue weighted by Crippen LogP contribution is -2.37. The predicted octanol–water partition coefficient (Wildman–Crippen LogP) is 5.32. The Bertz CT molecular complexity index is 902. The molecule has 2 aromatic carbocycles. The zero-order chi connectivity index (χ0) is 20.1. The molecule has 3 rings (SSSR count). The Morgan fingerprint density at radius 2 is 1.96 bits per heavy atom. The number of nitrogens with zero attached hydrogens (tertiary/aromatic N) is 2. The molecule has 1 aliphatic rings. The van der Waals surface area contributed by atoms with Crippen molar-refractivity contribution in [1.82, 2.24) is 4.90 Å². The van der Waals surface area contributed by atoms with Gasteiger partial charge in [-0.1, -0.05) is 37.3 Å². The maximum absolute atomic E-state index is 9.24. The first kappa shape index (κ1) is 20.6. The fourth-order valence-electron chi connectivity index (χ4n) is 3.26. The van der Waals surface area contributed by atoms with Crippen LogP contribution in [0.25, 0.3) is 0 Å². The van der Waals surface area contributed by atoms with Crippen molar-refractivity contribution in [2.75, 3.05) is 20.2 Å². The van der Waals surface area contributed by atoms with Crippen LogP contribution in [-0.2, 0) is 6.61 Å². The number of piperidine rings is 1. The lowest BCUT2D eigenvalue weighted by atomic mass is 9.99. The first-order valence-corrected chi connectivity index (χ1v) is 10.5. The highest BCUT2D eigenvalue weighted by molar-refractivity contribution is 9.10. The molecule has 1 aliphatic heterocycles. The second-order valence-corrected chi connectivity index (χ2v) is 8.26. The number of rotatable bonds is 5. The number of hydrogen-bond donors (Lipinski definition) is 0. The summed E-state index contributed by atoms with van der Waals surface area (Å²) in [6.07, 6.45) is 2.32. The van der Waals surface area contributed by atoms with Gasteiger partial charge in [-0.2, -0.15) is 5.26 Å². The summed E-state index contributed by atoms with van der Waals surface area (Å²) in [5.41, 5.74) is 2.38. The predicted molar refractivity (Wildman–Crippen MR) is 118 cm³/mol. The standard InChI is InChI=1S/C22H23BrN2O2S/c1-15-7-9-25(10-8-15)22(28)18-11-20(26-2)21(12-19(18)23)27-14-17-6-4-3-5-16(17)13-24/h3-6,11-12,15H,7-10,14H2,1-2H3. The molecule has 146 valence electrons. The number of halogens is 1. The normalized spacial score (nSPS) is 14.4. The molecule has 4 nitrogen and oxygen atoms in total. The van der Waals surface area contributed by atoms with Gasteiger partial charge in [0, 0.05) is 28.7 Å². The van der Waals surface area contributed by atoms with Gasteiger partial charge in [0.05, 0.1) is 18.7 Å². The molecular weight excluding hydrogens is 436 g/mol. The summed E-state index contributed by atoms with van der Waals surface area (Å²) in [5.74, 6) is 1.99. The molecule has 0 aliphatic carbocycles. The van der Waals surface area contributed by atoms with Gasteiger partial charge in [-0.25, -0.2) is 0 Å². The average molecular weight is 459 g/mol. The van der Waals surface area contributed by atoms with E-state index in [4.69, 9.17) is 21.7 Å². The lowest BCUT2D eigenvalue weighted by Gasteiger charge is -2.32. The van der Waals surface area contributed by atoms with Gasteiger partial charge < -0.3 is 14.4 Å². The van der Waals surface area contributed by atoms with Crippen LogP contribution >= 0.6 is 28.1 Å². The summed E-state index contributed by atoms with van der Waals surface area (Å²) in [7, 11) is 1.62. The molecule has 0 radical (unpaired) electrons. The maximum Gasteiger partial charge on any atom is 0.162 e. The third-order valence-corrected chi connectivity index (χ3v) is 6.21. The number of thiocarbonyl (C=S) groups is 1. The van der Waals surface area contributed by atoms with Crippen molar-refractivity contribution < 1.29 is 9.47 Å². The van der Waals surface area contributed by atoms with Gasteiger partial charge in [0.25, 0.3) is 0 Å². The van der Waals surface area contributed by atoms with Gasteiger partial charge in [-0.3, -0.25) is 0 Å². The zero-order valence-electron chi connectivity index (χ0n) is 16.1.